The summed E-state index contributed by atoms with van der Waals surface area (Å²) >= 11 is 0. The van der Waals surface area contributed by atoms with E-state index in [1.165, 1.54) is 32.4 Å². The molecule has 2 heterocycles. The van der Waals surface area contributed by atoms with Gasteiger partial charge in [-0.05, 0) is 72.5 Å². The maximum atomic E-state index is 11.3. The number of rotatable bonds is 15. The molecule has 2 aromatic heterocycles. The number of unbranched alkanes of at least 4 members (excludes halogenated alkanes) is 1. The molecule has 1 atom stereocenters. The van der Waals surface area contributed by atoms with Crippen LogP contribution in [-0.2, 0) is 49.8 Å². The number of allylic oxidation sites excluding steroid dienone is 2. The molecular weight excluding hydrogens is 1170 g/mol. The average molecular weight is 1220 g/mol. The van der Waals surface area contributed by atoms with Crippen LogP contribution in [0, 0.1) is 18.1 Å². The summed E-state index contributed by atoms with van der Waals surface area (Å²) in [6.07, 6.45) is 10.5. The fourth-order valence-corrected chi connectivity index (χ4v) is 6.52. The zero-order valence-electron chi connectivity index (χ0n) is 37.0. The standard InChI is InChI=1S/C34H38O5.2C11H8N.2Ir/c1-5-7-8-25(6-2)22-39-34-21-30(26-9-13-28(14-10-26)32(37)19-23(3)35)17-18-31(34)27-11-15-29(16-12-27)33(38)20-24(4)36;2*1-2-6-10(7-3-1)11-8-4-5-9-12-11;;/h9-21,25,37-38H,5-8,22H2,1-4H3;2*1-6,8-9H;;/q;2*-1;;/b32-19-,33-20-;;;;. The minimum atomic E-state index is -0.213. The van der Waals surface area contributed by atoms with Gasteiger partial charge in [-0.3, -0.25) is 9.59 Å². The minimum Gasteiger partial charge on any atom is -0.507 e. The molecular formula is C56H54Ir2N2O5-2. The number of benzene rings is 5. The maximum absolute atomic E-state index is 11.3. The Labute approximate surface area is 411 Å². The number of carbonyl (C=O) groups excluding carboxylic acids is 2. The molecule has 0 bridgehead atoms. The van der Waals surface area contributed by atoms with Crippen molar-refractivity contribution in [1.29, 1.82) is 0 Å². The molecule has 7 aromatic rings. The fraction of sp³-hybridized carbons (Fsp3) is 0.179. The van der Waals surface area contributed by atoms with Crippen LogP contribution in [-0.4, -0.2) is 38.4 Å². The van der Waals surface area contributed by atoms with Crippen LogP contribution in [0.3, 0.4) is 0 Å². The Bertz CT molecular complexity index is 2380. The van der Waals surface area contributed by atoms with Crippen molar-refractivity contribution in [2.24, 2.45) is 5.92 Å². The molecule has 0 aliphatic carbocycles. The summed E-state index contributed by atoms with van der Waals surface area (Å²) in [5.41, 5.74) is 8.96. The second-order valence-corrected chi connectivity index (χ2v) is 14.9. The average Bonchev–Trinajstić information content (AvgIpc) is 3.33. The Morgan fingerprint density at radius 2 is 1.09 bits per heavy atom. The van der Waals surface area contributed by atoms with Gasteiger partial charge >= 0.3 is 0 Å². The first kappa shape index (κ1) is 53.3. The van der Waals surface area contributed by atoms with Crippen molar-refractivity contribution in [1.82, 2.24) is 9.97 Å². The van der Waals surface area contributed by atoms with Crippen molar-refractivity contribution in [3.63, 3.8) is 0 Å². The number of ketones is 2. The number of aliphatic hydroxyl groups is 2. The summed E-state index contributed by atoms with van der Waals surface area (Å²) < 4.78 is 6.45. The topological polar surface area (TPSA) is 110 Å². The molecule has 0 fully saturated rings. The molecule has 2 radical (unpaired) electrons. The first-order valence-corrected chi connectivity index (χ1v) is 21.2. The van der Waals surface area contributed by atoms with Crippen LogP contribution >= 0.6 is 0 Å². The van der Waals surface area contributed by atoms with Gasteiger partial charge in [0, 0.05) is 81.4 Å². The van der Waals surface area contributed by atoms with Crippen molar-refractivity contribution in [2.75, 3.05) is 6.61 Å². The summed E-state index contributed by atoms with van der Waals surface area (Å²) in [4.78, 5) is 31.1. The van der Waals surface area contributed by atoms with E-state index in [9.17, 15) is 19.8 Å². The van der Waals surface area contributed by atoms with Crippen LogP contribution in [0.2, 0.25) is 0 Å². The van der Waals surface area contributed by atoms with Crippen molar-refractivity contribution >= 4 is 23.1 Å². The Hall–Kier alpha value is -6.08. The summed E-state index contributed by atoms with van der Waals surface area (Å²) in [6.45, 7) is 7.81. The molecule has 0 aliphatic heterocycles. The molecule has 0 spiro atoms. The first-order valence-electron chi connectivity index (χ1n) is 21.2. The molecule has 7 rings (SSSR count). The predicted molar refractivity (Wildman–Crippen MR) is 256 cm³/mol. The molecule has 5 aromatic carbocycles. The van der Waals surface area contributed by atoms with Crippen molar-refractivity contribution in [2.45, 2.75) is 53.4 Å². The number of pyridine rings is 2. The molecule has 7 nitrogen and oxygen atoms in total. The number of carbonyl (C=O) groups is 2. The van der Waals surface area contributed by atoms with E-state index in [-0.39, 0.29) is 63.3 Å². The summed E-state index contributed by atoms with van der Waals surface area (Å²) in [5, 5.41) is 20.3. The molecule has 0 aliphatic rings. The molecule has 9 heteroatoms. The molecule has 1 unspecified atom stereocenters. The van der Waals surface area contributed by atoms with Gasteiger partial charge in [0.2, 0.25) is 0 Å². The van der Waals surface area contributed by atoms with E-state index in [0.717, 1.165) is 69.8 Å². The number of aromatic nitrogens is 2. The minimum absolute atomic E-state index is 0. The quantitative estimate of drug-likeness (QED) is 0.0598. The third-order valence-electron chi connectivity index (χ3n) is 9.98. The summed E-state index contributed by atoms with van der Waals surface area (Å²) in [6, 6.07) is 54.5. The number of aliphatic hydroxyl groups excluding tert-OH is 2. The Morgan fingerprint density at radius 1 is 0.615 bits per heavy atom. The number of nitrogens with zero attached hydrogens (tertiary/aromatic N) is 2. The molecule has 0 amide bonds. The van der Waals surface area contributed by atoms with Crippen LogP contribution in [0.5, 0.6) is 5.75 Å². The van der Waals surface area contributed by atoms with Gasteiger partial charge in [0.15, 0.2) is 11.6 Å². The Balaban J connectivity index is 0.000000346. The zero-order chi connectivity index (χ0) is 44.8. The van der Waals surface area contributed by atoms with Crippen LogP contribution in [0.15, 0.2) is 176 Å². The molecule has 2 N–H and O–H groups in total. The van der Waals surface area contributed by atoms with Crippen molar-refractivity contribution < 1.29 is 64.7 Å². The number of hydrogen-bond donors (Lipinski definition) is 2. The second kappa shape index (κ2) is 28.7. The third kappa shape index (κ3) is 17.4. The summed E-state index contributed by atoms with van der Waals surface area (Å²) in [7, 11) is 0. The number of hydrogen-bond acceptors (Lipinski definition) is 7. The monoisotopic (exact) mass is 1220 g/mol. The van der Waals surface area contributed by atoms with E-state index in [0.29, 0.717) is 23.7 Å². The van der Waals surface area contributed by atoms with E-state index in [1.54, 1.807) is 36.7 Å². The van der Waals surface area contributed by atoms with Gasteiger partial charge in [0.1, 0.15) is 17.3 Å². The van der Waals surface area contributed by atoms with Crippen LogP contribution in [0.4, 0.5) is 0 Å². The van der Waals surface area contributed by atoms with E-state index in [2.05, 4.69) is 35.9 Å². The van der Waals surface area contributed by atoms with Crippen LogP contribution < -0.4 is 4.74 Å². The van der Waals surface area contributed by atoms with E-state index < -0.39 is 0 Å². The normalized spacial score (nSPS) is 11.2. The smallest absolute Gasteiger partial charge is 0.156 e. The van der Waals surface area contributed by atoms with E-state index >= 15 is 0 Å². The van der Waals surface area contributed by atoms with Crippen molar-refractivity contribution in [3.05, 3.63) is 199 Å². The van der Waals surface area contributed by atoms with Crippen molar-refractivity contribution in [3.8, 4) is 50.5 Å². The van der Waals surface area contributed by atoms with Crippen LogP contribution in [0.25, 0.3) is 56.3 Å². The largest absolute Gasteiger partial charge is 0.507 e. The van der Waals surface area contributed by atoms with Gasteiger partial charge in [-0.25, -0.2) is 0 Å². The maximum Gasteiger partial charge on any atom is 0.156 e. The zero-order valence-corrected chi connectivity index (χ0v) is 41.8. The Kier molecular flexibility index (Phi) is 23.5. The third-order valence-corrected chi connectivity index (χ3v) is 9.98. The number of ether oxygens (including phenoxy) is 1. The second-order valence-electron chi connectivity index (χ2n) is 14.9. The van der Waals surface area contributed by atoms with E-state index in [4.69, 9.17) is 4.74 Å². The van der Waals surface area contributed by atoms with E-state index in [1.807, 2.05) is 127 Å². The van der Waals surface area contributed by atoms with Gasteiger partial charge < -0.3 is 24.9 Å². The molecule has 65 heavy (non-hydrogen) atoms. The molecule has 338 valence electrons. The van der Waals surface area contributed by atoms with Gasteiger partial charge in [-0.1, -0.05) is 118 Å². The predicted octanol–water partition coefficient (Wildman–Crippen LogP) is 13.7. The SMILES string of the molecule is CCCCC(CC)COc1cc(-c2ccc(/C(O)=C/C(C)=O)cc2)ccc1-c1ccc(/C(O)=C/C(C)=O)cc1.[Ir].[Ir].[c-]1ccccc1-c1ccccn1.[c-]1ccccc1-c1ccccn1. The van der Waals surface area contributed by atoms with Gasteiger partial charge in [-0.15, -0.1) is 71.8 Å². The van der Waals surface area contributed by atoms with Gasteiger partial charge in [0.25, 0.3) is 0 Å². The first-order chi connectivity index (χ1) is 30.6. The van der Waals surface area contributed by atoms with Crippen LogP contribution in [0.1, 0.15) is 64.5 Å². The Morgan fingerprint density at radius 3 is 1.51 bits per heavy atom. The van der Waals surface area contributed by atoms with Gasteiger partial charge in [-0.2, -0.15) is 0 Å². The molecule has 0 saturated heterocycles. The fourth-order valence-electron chi connectivity index (χ4n) is 6.52. The molecule has 0 saturated carbocycles. The van der Waals surface area contributed by atoms with Gasteiger partial charge in [0.05, 0.1) is 6.61 Å². The summed E-state index contributed by atoms with van der Waals surface area (Å²) in [5.74, 6) is 0.690.